The lowest BCUT2D eigenvalue weighted by Crippen LogP contribution is -2.26. The van der Waals surface area contributed by atoms with Crippen molar-refractivity contribution in [3.63, 3.8) is 0 Å². The number of carbonyl (C=O) groups excluding carboxylic acids is 1. The second kappa shape index (κ2) is 6.16. The van der Waals surface area contributed by atoms with Gasteiger partial charge in [-0.2, -0.15) is 0 Å². The van der Waals surface area contributed by atoms with Gasteiger partial charge in [0, 0.05) is 6.54 Å². The van der Waals surface area contributed by atoms with Crippen LogP contribution in [-0.4, -0.2) is 33.1 Å². The minimum Gasteiger partial charge on any atom is -0.481 e. The van der Waals surface area contributed by atoms with Crippen molar-refractivity contribution < 1.29 is 14.7 Å². The fourth-order valence-corrected chi connectivity index (χ4v) is 1.77. The monoisotopic (exact) mass is 243 g/mol. The van der Waals surface area contributed by atoms with E-state index in [4.69, 9.17) is 5.11 Å². The molecule has 0 radical (unpaired) electrons. The molecule has 0 atom stereocenters. The summed E-state index contributed by atoms with van der Waals surface area (Å²) in [5.41, 5.74) is 0.681. The van der Waals surface area contributed by atoms with Gasteiger partial charge in [-0.3, -0.25) is 9.59 Å². The average molecular weight is 243 g/mol. The standard InChI is InChI=1S/C9H13N3O3S/c1-2-3-6-8(16-12-11-6)9(15)10-5-4-7(13)14/h2-5H2,1H3,(H,10,15)(H,13,14). The molecule has 0 saturated carbocycles. The molecule has 6 nitrogen and oxygen atoms in total. The Bertz CT molecular complexity index is 378. The van der Waals surface area contributed by atoms with E-state index in [9.17, 15) is 9.59 Å². The molecule has 0 aromatic carbocycles. The van der Waals surface area contributed by atoms with Gasteiger partial charge < -0.3 is 10.4 Å². The number of amides is 1. The third kappa shape index (κ3) is 3.58. The fourth-order valence-electron chi connectivity index (χ4n) is 1.14. The topological polar surface area (TPSA) is 92.2 Å². The normalized spacial score (nSPS) is 10.1. The van der Waals surface area contributed by atoms with Gasteiger partial charge in [-0.25, -0.2) is 0 Å². The summed E-state index contributed by atoms with van der Waals surface area (Å²) in [4.78, 5) is 22.4. The molecule has 0 bridgehead atoms. The molecule has 1 aromatic rings. The first-order valence-electron chi connectivity index (χ1n) is 4.96. The number of aromatic nitrogens is 2. The smallest absolute Gasteiger partial charge is 0.305 e. The maximum absolute atomic E-state index is 11.6. The minimum atomic E-state index is -0.934. The highest BCUT2D eigenvalue weighted by atomic mass is 32.1. The van der Waals surface area contributed by atoms with Crippen LogP contribution in [0.15, 0.2) is 0 Å². The zero-order chi connectivity index (χ0) is 12.0. The largest absolute Gasteiger partial charge is 0.481 e. The molecule has 0 spiro atoms. The number of carboxylic acid groups (broad SMARTS) is 1. The summed E-state index contributed by atoms with van der Waals surface area (Å²) in [6.07, 6.45) is 1.51. The van der Waals surface area contributed by atoms with Crippen LogP contribution in [0, 0.1) is 0 Å². The van der Waals surface area contributed by atoms with Crippen molar-refractivity contribution in [3.8, 4) is 0 Å². The van der Waals surface area contributed by atoms with Crippen molar-refractivity contribution in [3.05, 3.63) is 10.6 Å². The Morgan fingerprint density at radius 3 is 2.88 bits per heavy atom. The molecule has 0 fully saturated rings. The first-order valence-corrected chi connectivity index (χ1v) is 5.73. The van der Waals surface area contributed by atoms with Crippen LogP contribution in [-0.2, 0) is 11.2 Å². The predicted octanol–water partition coefficient (Wildman–Crippen LogP) is 0.695. The number of aryl methyl sites for hydroxylation is 1. The van der Waals surface area contributed by atoms with Crippen molar-refractivity contribution in [1.82, 2.24) is 14.9 Å². The Morgan fingerprint density at radius 1 is 1.50 bits per heavy atom. The zero-order valence-electron chi connectivity index (χ0n) is 8.89. The van der Waals surface area contributed by atoms with Crippen LogP contribution in [0.3, 0.4) is 0 Å². The summed E-state index contributed by atoms with van der Waals surface area (Å²) >= 11 is 1.04. The summed E-state index contributed by atoms with van der Waals surface area (Å²) in [5, 5.41) is 14.8. The van der Waals surface area contributed by atoms with E-state index in [1.54, 1.807) is 0 Å². The highest BCUT2D eigenvalue weighted by molar-refractivity contribution is 7.08. The molecule has 1 rings (SSSR count). The second-order valence-electron chi connectivity index (χ2n) is 3.20. The molecule has 0 unspecified atom stereocenters. The maximum atomic E-state index is 11.6. The number of hydrogen-bond acceptors (Lipinski definition) is 5. The van der Waals surface area contributed by atoms with Crippen LogP contribution in [0.1, 0.15) is 35.1 Å². The zero-order valence-corrected chi connectivity index (χ0v) is 9.71. The van der Waals surface area contributed by atoms with Crippen LogP contribution >= 0.6 is 11.5 Å². The van der Waals surface area contributed by atoms with E-state index in [0.29, 0.717) is 17.0 Å². The Kier molecular flexibility index (Phi) is 4.84. The van der Waals surface area contributed by atoms with E-state index < -0.39 is 5.97 Å². The van der Waals surface area contributed by atoms with Gasteiger partial charge in [0.1, 0.15) is 4.88 Å². The highest BCUT2D eigenvalue weighted by Gasteiger charge is 2.15. The Labute approximate surface area is 96.8 Å². The molecule has 7 heteroatoms. The summed E-state index contributed by atoms with van der Waals surface area (Å²) in [7, 11) is 0. The van der Waals surface area contributed by atoms with Gasteiger partial charge in [0.2, 0.25) is 0 Å². The van der Waals surface area contributed by atoms with Gasteiger partial charge in [0.25, 0.3) is 5.91 Å². The SMILES string of the molecule is CCCc1nnsc1C(=O)NCCC(=O)O. The van der Waals surface area contributed by atoms with Gasteiger partial charge in [-0.05, 0) is 18.0 Å². The molecule has 88 valence electrons. The Hall–Kier alpha value is -1.50. The van der Waals surface area contributed by atoms with Crippen LogP contribution in [0.2, 0.25) is 0 Å². The summed E-state index contributed by atoms with van der Waals surface area (Å²) < 4.78 is 3.72. The molecule has 16 heavy (non-hydrogen) atoms. The average Bonchev–Trinajstić information content (AvgIpc) is 2.66. The van der Waals surface area contributed by atoms with Crippen molar-refractivity contribution in [2.75, 3.05) is 6.54 Å². The van der Waals surface area contributed by atoms with Gasteiger partial charge in [-0.1, -0.05) is 17.8 Å². The molecule has 0 aliphatic rings. The van der Waals surface area contributed by atoms with Crippen LogP contribution in [0.5, 0.6) is 0 Å². The number of carbonyl (C=O) groups is 2. The van der Waals surface area contributed by atoms with Gasteiger partial charge >= 0.3 is 5.97 Å². The lowest BCUT2D eigenvalue weighted by molar-refractivity contribution is -0.136. The Balaban J connectivity index is 2.52. The van der Waals surface area contributed by atoms with Crippen LogP contribution in [0.25, 0.3) is 0 Å². The quantitative estimate of drug-likeness (QED) is 0.767. The van der Waals surface area contributed by atoms with E-state index in [2.05, 4.69) is 14.9 Å². The lowest BCUT2D eigenvalue weighted by Gasteiger charge is -2.01. The van der Waals surface area contributed by atoms with E-state index in [1.165, 1.54) is 0 Å². The van der Waals surface area contributed by atoms with Crippen molar-refractivity contribution in [1.29, 1.82) is 0 Å². The first kappa shape index (κ1) is 12.6. The number of hydrogen-bond donors (Lipinski definition) is 2. The molecule has 1 amide bonds. The predicted molar refractivity (Wildman–Crippen MR) is 58.5 cm³/mol. The number of aliphatic carboxylic acids is 1. The molecule has 1 heterocycles. The third-order valence-electron chi connectivity index (χ3n) is 1.87. The van der Waals surface area contributed by atoms with E-state index in [1.807, 2.05) is 6.92 Å². The molecule has 0 aliphatic heterocycles. The molecule has 2 N–H and O–H groups in total. The number of carboxylic acids is 1. The second-order valence-corrected chi connectivity index (χ2v) is 3.95. The Morgan fingerprint density at radius 2 is 2.25 bits per heavy atom. The van der Waals surface area contributed by atoms with Crippen molar-refractivity contribution in [2.45, 2.75) is 26.2 Å². The highest BCUT2D eigenvalue weighted by Crippen LogP contribution is 2.12. The first-order chi connectivity index (χ1) is 7.65. The van der Waals surface area contributed by atoms with Gasteiger partial charge in [0.05, 0.1) is 12.1 Å². The lowest BCUT2D eigenvalue weighted by atomic mass is 10.2. The number of rotatable bonds is 6. The van der Waals surface area contributed by atoms with Crippen LogP contribution < -0.4 is 5.32 Å². The molecular weight excluding hydrogens is 230 g/mol. The number of nitrogens with one attached hydrogen (secondary N) is 1. The fraction of sp³-hybridized carbons (Fsp3) is 0.556. The van der Waals surface area contributed by atoms with E-state index in [0.717, 1.165) is 18.0 Å². The molecule has 1 aromatic heterocycles. The minimum absolute atomic E-state index is 0.0823. The van der Waals surface area contributed by atoms with Gasteiger partial charge in [0.15, 0.2) is 0 Å². The summed E-state index contributed by atoms with van der Waals surface area (Å²) in [6, 6.07) is 0. The van der Waals surface area contributed by atoms with E-state index >= 15 is 0 Å². The van der Waals surface area contributed by atoms with Gasteiger partial charge in [-0.15, -0.1) is 5.10 Å². The van der Waals surface area contributed by atoms with Crippen molar-refractivity contribution in [2.24, 2.45) is 0 Å². The third-order valence-corrected chi connectivity index (χ3v) is 2.64. The summed E-state index contributed by atoms with van der Waals surface area (Å²) in [5.74, 6) is -1.23. The summed E-state index contributed by atoms with van der Waals surface area (Å²) in [6.45, 7) is 2.11. The van der Waals surface area contributed by atoms with Crippen molar-refractivity contribution >= 4 is 23.4 Å². The van der Waals surface area contributed by atoms with E-state index in [-0.39, 0.29) is 18.9 Å². The molecule has 0 aliphatic carbocycles. The molecule has 0 saturated heterocycles. The molecular formula is C9H13N3O3S. The van der Waals surface area contributed by atoms with Crippen LogP contribution in [0.4, 0.5) is 0 Å². The number of nitrogens with zero attached hydrogens (tertiary/aromatic N) is 2. The maximum Gasteiger partial charge on any atom is 0.305 e.